The Kier molecular flexibility index (Phi) is 3.91. The van der Waals surface area contributed by atoms with Crippen LogP contribution in [0.2, 0.25) is 5.02 Å². The molecule has 0 atom stereocenters. The van der Waals surface area contributed by atoms with E-state index in [0.717, 1.165) is 15.8 Å². The summed E-state index contributed by atoms with van der Waals surface area (Å²) >= 11 is 7.75. The quantitative estimate of drug-likeness (QED) is 0.686. The predicted octanol–water partition coefficient (Wildman–Crippen LogP) is 2.87. The van der Waals surface area contributed by atoms with Gasteiger partial charge in [-0.15, -0.1) is 11.8 Å². The molecular formula is C11H11ClN2O2S. The first-order valence-corrected chi connectivity index (χ1v) is 6.40. The summed E-state index contributed by atoms with van der Waals surface area (Å²) in [4.78, 5) is 11.9. The number of halogens is 1. The Balaban J connectivity index is 2.08. The second-order valence-corrected chi connectivity index (χ2v) is 4.90. The summed E-state index contributed by atoms with van der Waals surface area (Å²) in [5.74, 6) is 0.433. The van der Waals surface area contributed by atoms with E-state index in [0.29, 0.717) is 17.2 Å². The molecule has 1 N–H and O–H groups in total. The summed E-state index contributed by atoms with van der Waals surface area (Å²) < 4.78 is 4.57. The average Bonchev–Trinajstić information content (AvgIpc) is 2.81. The van der Waals surface area contributed by atoms with E-state index in [2.05, 4.69) is 14.9 Å². The van der Waals surface area contributed by atoms with Crippen LogP contribution in [-0.2, 0) is 9.53 Å². The van der Waals surface area contributed by atoms with Crippen molar-refractivity contribution in [3.63, 3.8) is 0 Å². The van der Waals surface area contributed by atoms with Crippen LogP contribution in [0.3, 0.4) is 0 Å². The molecule has 0 amide bonds. The minimum absolute atomic E-state index is 0.212. The van der Waals surface area contributed by atoms with Crippen molar-refractivity contribution >= 4 is 40.2 Å². The Hall–Kier alpha value is -1.20. The Morgan fingerprint density at radius 1 is 1.59 bits per heavy atom. The Bertz CT molecular complexity index is 541. The zero-order valence-corrected chi connectivity index (χ0v) is 10.8. The molecule has 1 aromatic carbocycles. The number of esters is 1. The molecule has 0 radical (unpaired) electrons. The van der Waals surface area contributed by atoms with E-state index in [1.807, 2.05) is 12.1 Å². The van der Waals surface area contributed by atoms with E-state index < -0.39 is 0 Å². The van der Waals surface area contributed by atoms with Crippen molar-refractivity contribution in [2.45, 2.75) is 11.3 Å². The van der Waals surface area contributed by atoms with E-state index in [4.69, 9.17) is 11.6 Å². The molecule has 1 heterocycles. The van der Waals surface area contributed by atoms with Crippen LogP contribution >= 0.6 is 23.4 Å². The van der Waals surface area contributed by atoms with Crippen LogP contribution in [0.15, 0.2) is 23.2 Å². The Morgan fingerprint density at radius 3 is 3.18 bits per heavy atom. The first kappa shape index (κ1) is 12.3. The Morgan fingerprint density at radius 2 is 2.41 bits per heavy atom. The van der Waals surface area contributed by atoms with Crippen LogP contribution in [0.25, 0.3) is 10.9 Å². The number of fused-ring (bicyclic) bond motifs is 1. The van der Waals surface area contributed by atoms with E-state index in [-0.39, 0.29) is 5.97 Å². The first-order valence-electron chi connectivity index (χ1n) is 5.03. The number of hydrogen-bond acceptors (Lipinski definition) is 4. The number of methoxy groups -OCH3 is 1. The summed E-state index contributed by atoms with van der Waals surface area (Å²) in [5, 5.41) is 8.41. The number of rotatable bonds is 4. The number of H-pyrrole nitrogens is 1. The van der Waals surface area contributed by atoms with Crippen LogP contribution in [0.1, 0.15) is 6.42 Å². The molecule has 0 fully saturated rings. The highest BCUT2D eigenvalue weighted by Crippen LogP contribution is 2.32. The molecule has 2 rings (SSSR count). The van der Waals surface area contributed by atoms with Crippen molar-refractivity contribution in [2.75, 3.05) is 12.9 Å². The van der Waals surface area contributed by atoms with Gasteiger partial charge in [0.15, 0.2) is 0 Å². The van der Waals surface area contributed by atoms with Crippen LogP contribution in [0.4, 0.5) is 0 Å². The second kappa shape index (κ2) is 5.42. The molecule has 0 aliphatic rings. The molecule has 0 saturated heterocycles. The summed E-state index contributed by atoms with van der Waals surface area (Å²) in [5.41, 5.74) is 0.828. The molecule has 2 aromatic rings. The van der Waals surface area contributed by atoms with Crippen LogP contribution in [-0.4, -0.2) is 29.0 Å². The van der Waals surface area contributed by atoms with Gasteiger partial charge in [-0.25, -0.2) is 0 Å². The number of carbonyl (C=O) groups excluding carboxylic acids is 1. The predicted molar refractivity (Wildman–Crippen MR) is 68.5 cm³/mol. The Labute approximate surface area is 108 Å². The molecule has 0 saturated carbocycles. The molecular weight excluding hydrogens is 260 g/mol. The monoisotopic (exact) mass is 270 g/mol. The van der Waals surface area contributed by atoms with Gasteiger partial charge in [0, 0.05) is 16.0 Å². The maximum atomic E-state index is 11.0. The highest BCUT2D eigenvalue weighted by molar-refractivity contribution is 7.99. The standard InChI is InChI=1S/C11H11ClN2O2S/c1-16-9(15)4-5-17-8-3-2-7-6-13-14-11(7)10(8)12/h2-3,6H,4-5H2,1H3,(H,13,14). The fourth-order valence-corrected chi connectivity index (χ4v) is 2.68. The zero-order chi connectivity index (χ0) is 12.3. The van der Waals surface area contributed by atoms with Gasteiger partial charge in [0.1, 0.15) is 0 Å². The first-order chi connectivity index (χ1) is 8.22. The van der Waals surface area contributed by atoms with E-state index in [1.54, 1.807) is 6.20 Å². The van der Waals surface area contributed by atoms with Crippen LogP contribution in [0.5, 0.6) is 0 Å². The molecule has 17 heavy (non-hydrogen) atoms. The molecule has 0 bridgehead atoms. The number of thioether (sulfide) groups is 1. The number of benzene rings is 1. The van der Waals surface area contributed by atoms with Crippen LogP contribution < -0.4 is 0 Å². The van der Waals surface area contributed by atoms with Gasteiger partial charge in [0.05, 0.1) is 30.3 Å². The van der Waals surface area contributed by atoms with Gasteiger partial charge < -0.3 is 4.74 Å². The second-order valence-electron chi connectivity index (χ2n) is 3.39. The summed E-state index contributed by atoms with van der Waals surface area (Å²) in [6, 6.07) is 3.88. The smallest absolute Gasteiger partial charge is 0.306 e. The maximum absolute atomic E-state index is 11.0. The lowest BCUT2D eigenvalue weighted by molar-refractivity contribution is -0.140. The third-order valence-electron chi connectivity index (χ3n) is 2.31. The van der Waals surface area contributed by atoms with Crippen molar-refractivity contribution in [2.24, 2.45) is 0 Å². The third kappa shape index (κ3) is 2.73. The van der Waals surface area contributed by atoms with Gasteiger partial charge in [-0.1, -0.05) is 11.6 Å². The minimum atomic E-state index is -0.212. The highest BCUT2D eigenvalue weighted by atomic mass is 35.5. The molecule has 0 spiro atoms. The molecule has 0 unspecified atom stereocenters. The zero-order valence-electron chi connectivity index (χ0n) is 9.20. The third-order valence-corrected chi connectivity index (χ3v) is 3.87. The normalized spacial score (nSPS) is 10.7. The maximum Gasteiger partial charge on any atom is 0.306 e. The number of aromatic amines is 1. The fraction of sp³-hybridized carbons (Fsp3) is 0.273. The van der Waals surface area contributed by atoms with Gasteiger partial charge in [-0.05, 0) is 12.1 Å². The lowest BCUT2D eigenvalue weighted by Crippen LogP contribution is -2.00. The van der Waals surface area contributed by atoms with E-state index >= 15 is 0 Å². The van der Waals surface area contributed by atoms with Crippen molar-refractivity contribution < 1.29 is 9.53 Å². The highest BCUT2D eigenvalue weighted by Gasteiger charge is 2.08. The van der Waals surface area contributed by atoms with Crippen molar-refractivity contribution in [1.29, 1.82) is 0 Å². The molecule has 6 heteroatoms. The average molecular weight is 271 g/mol. The molecule has 0 aliphatic heterocycles. The summed E-state index contributed by atoms with van der Waals surface area (Å²) in [6.45, 7) is 0. The summed E-state index contributed by atoms with van der Waals surface area (Å²) in [6.07, 6.45) is 2.10. The summed E-state index contributed by atoms with van der Waals surface area (Å²) in [7, 11) is 1.39. The lowest BCUT2D eigenvalue weighted by Gasteiger charge is -2.04. The molecule has 1 aromatic heterocycles. The number of carbonyl (C=O) groups is 1. The molecule has 4 nitrogen and oxygen atoms in total. The van der Waals surface area contributed by atoms with E-state index in [1.165, 1.54) is 18.9 Å². The number of nitrogens with one attached hydrogen (secondary N) is 1. The van der Waals surface area contributed by atoms with E-state index in [9.17, 15) is 4.79 Å². The van der Waals surface area contributed by atoms with Crippen molar-refractivity contribution in [1.82, 2.24) is 10.2 Å². The topological polar surface area (TPSA) is 55.0 Å². The molecule has 90 valence electrons. The number of nitrogens with zero attached hydrogens (tertiary/aromatic N) is 1. The largest absolute Gasteiger partial charge is 0.469 e. The van der Waals surface area contributed by atoms with Gasteiger partial charge in [0.2, 0.25) is 0 Å². The number of ether oxygens (including phenoxy) is 1. The van der Waals surface area contributed by atoms with Crippen LogP contribution in [0, 0.1) is 0 Å². The van der Waals surface area contributed by atoms with Crippen molar-refractivity contribution in [3.05, 3.63) is 23.4 Å². The van der Waals surface area contributed by atoms with Gasteiger partial charge >= 0.3 is 5.97 Å². The SMILES string of the molecule is COC(=O)CCSc1ccc2cn[nH]c2c1Cl. The lowest BCUT2D eigenvalue weighted by atomic mass is 10.3. The number of hydrogen-bond donors (Lipinski definition) is 1. The number of aromatic nitrogens is 2. The molecule has 0 aliphatic carbocycles. The minimum Gasteiger partial charge on any atom is -0.469 e. The van der Waals surface area contributed by atoms with Gasteiger partial charge in [0.25, 0.3) is 0 Å². The van der Waals surface area contributed by atoms with Gasteiger partial charge in [-0.3, -0.25) is 9.89 Å². The van der Waals surface area contributed by atoms with Gasteiger partial charge in [-0.2, -0.15) is 5.10 Å². The van der Waals surface area contributed by atoms with Crippen molar-refractivity contribution in [3.8, 4) is 0 Å². The fourth-order valence-electron chi connectivity index (χ4n) is 1.42.